The molecule has 1 heterocycles. The van der Waals surface area contributed by atoms with Crippen molar-refractivity contribution >= 4 is 15.7 Å². The van der Waals surface area contributed by atoms with Crippen LogP contribution in [-0.2, 0) is 10.0 Å². The van der Waals surface area contributed by atoms with Crippen molar-refractivity contribution in [3.8, 4) is 0 Å². The molecule has 1 aliphatic heterocycles. The van der Waals surface area contributed by atoms with Crippen molar-refractivity contribution in [2.45, 2.75) is 50.1 Å². The Balaban J connectivity index is 2.57. The first-order chi connectivity index (χ1) is 10.3. The molecule has 1 aromatic carbocycles. The van der Waals surface area contributed by atoms with Gasteiger partial charge in [-0.05, 0) is 32.3 Å². The SMILES string of the molecule is Cc1cccc([N+](=O)[O-])c1S(=O)(=O)N1CCCCC1C(C)N. The van der Waals surface area contributed by atoms with Crippen LogP contribution < -0.4 is 5.73 Å². The Kier molecular flexibility index (Phi) is 4.84. The van der Waals surface area contributed by atoms with Crippen LogP contribution in [-0.4, -0.2) is 36.3 Å². The van der Waals surface area contributed by atoms with Gasteiger partial charge in [-0.25, -0.2) is 8.42 Å². The molecule has 2 atom stereocenters. The van der Waals surface area contributed by atoms with E-state index in [-0.39, 0.29) is 22.7 Å². The summed E-state index contributed by atoms with van der Waals surface area (Å²) in [4.78, 5) is 10.4. The summed E-state index contributed by atoms with van der Waals surface area (Å²) in [7, 11) is -3.95. The minimum Gasteiger partial charge on any atom is -0.326 e. The largest absolute Gasteiger partial charge is 0.326 e. The zero-order valence-corrected chi connectivity index (χ0v) is 13.5. The minimum atomic E-state index is -3.95. The third-order valence-corrected chi connectivity index (χ3v) is 6.18. The predicted octanol–water partition coefficient (Wildman–Crippen LogP) is 1.79. The van der Waals surface area contributed by atoms with E-state index in [0.29, 0.717) is 18.5 Å². The fourth-order valence-corrected chi connectivity index (χ4v) is 5.13. The maximum Gasteiger partial charge on any atom is 0.289 e. The van der Waals surface area contributed by atoms with Crippen LogP contribution in [0.3, 0.4) is 0 Å². The lowest BCUT2D eigenvalue weighted by atomic mass is 10.00. The maximum atomic E-state index is 13.0. The van der Waals surface area contributed by atoms with Gasteiger partial charge >= 0.3 is 0 Å². The fraction of sp³-hybridized carbons (Fsp3) is 0.571. The molecular weight excluding hydrogens is 306 g/mol. The minimum absolute atomic E-state index is 0.215. The maximum absolute atomic E-state index is 13.0. The van der Waals surface area contributed by atoms with Gasteiger partial charge in [-0.15, -0.1) is 0 Å². The normalized spacial score (nSPS) is 21.5. The van der Waals surface area contributed by atoms with Crippen molar-refractivity contribution in [1.29, 1.82) is 0 Å². The van der Waals surface area contributed by atoms with Gasteiger partial charge in [-0.3, -0.25) is 10.1 Å². The molecular formula is C14H21N3O4S. The second-order valence-electron chi connectivity index (χ2n) is 5.72. The number of hydrogen-bond donors (Lipinski definition) is 1. The van der Waals surface area contributed by atoms with E-state index >= 15 is 0 Å². The lowest BCUT2D eigenvalue weighted by Crippen LogP contribution is -2.51. The molecule has 122 valence electrons. The van der Waals surface area contributed by atoms with E-state index in [1.165, 1.54) is 16.4 Å². The highest BCUT2D eigenvalue weighted by Crippen LogP contribution is 2.33. The molecule has 0 saturated carbocycles. The van der Waals surface area contributed by atoms with Crippen LogP contribution >= 0.6 is 0 Å². The number of hydrogen-bond acceptors (Lipinski definition) is 5. The van der Waals surface area contributed by atoms with Crippen molar-refractivity contribution in [1.82, 2.24) is 4.31 Å². The summed E-state index contributed by atoms with van der Waals surface area (Å²) in [6.07, 6.45) is 2.33. The Morgan fingerprint density at radius 2 is 2.09 bits per heavy atom. The molecule has 1 fully saturated rings. The Morgan fingerprint density at radius 1 is 1.41 bits per heavy atom. The number of nitro benzene ring substituents is 1. The van der Waals surface area contributed by atoms with Crippen LogP contribution in [0, 0.1) is 17.0 Å². The first-order valence-corrected chi connectivity index (χ1v) is 8.72. The van der Waals surface area contributed by atoms with E-state index in [1.54, 1.807) is 19.9 Å². The van der Waals surface area contributed by atoms with E-state index in [2.05, 4.69) is 0 Å². The van der Waals surface area contributed by atoms with Gasteiger partial charge in [-0.1, -0.05) is 18.6 Å². The average Bonchev–Trinajstić information content (AvgIpc) is 2.46. The summed E-state index contributed by atoms with van der Waals surface area (Å²) in [6, 6.07) is 3.65. The monoisotopic (exact) mass is 327 g/mol. The van der Waals surface area contributed by atoms with E-state index in [4.69, 9.17) is 5.73 Å². The summed E-state index contributed by atoms with van der Waals surface area (Å²) < 4.78 is 27.4. The standard InChI is InChI=1S/C14H21N3O4S/c1-10-6-5-8-13(17(18)19)14(10)22(20,21)16-9-4-3-7-12(16)11(2)15/h5-6,8,11-12H,3-4,7,9,15H2,1-2H3. The topological polar surface area (TPSA) is 107 Å². The summed E-state index contributed by atoms with van der Waals surface area (Å²) in [5, 5.41) is 11.2. The average molecular weight is 327 g/mol. The van der Waals surface area contributed by atoms with Crippen LogP contribution in [0.4, 0.5) is 5.69 Å². The predicted molar refractivity (Wildman–Crippen MR) is 83.0 cm³/mol. The number of aryl methyl sites for hydroxylation is 1. The molecule has 0 aliphatic carbocycles. The summed E-state index contributed by atoms with van der Waals surface area (Å²) >= 11 is 0. The van der Waals surface area contributed by atoms with E-state index in [0.717, 1.165) is 12.8 Å². The van der Waals surface area contributed by atoms with Crippen molar-refractivity contribution in [2.24, 2.45) is 5.73 Å². The number of piperidine rings is 1. The van der Waals surface area contributed by atoms with Gasteiger partial charge in [0.15, 0.2) is 4.90 Å². The number of nitrogens with two attached hydrogens (primary N) is 1. The summed E-state index contributed by atoms with van der Waals surface area (Å²) in [5.74, 6) is 0. The number of sulfonamides is 1. The molecule has 0 bridgehead atoms. The lowest BCUT2D eigenvalue weighted by Gasteiger charge is -2.37. The van der Waals surface area contributed by atoms with Gasteiger partial charge in [0.1, 0.15) is 0 Å². The third-order valence-electron chi connectivity index (χ3n) is 4.06. The van der Waals surface area contributed by atoms with Crippen LogP contribution in [0.2, 0.25) is 0 Å². The lowest BCUT2D eigenvalue weighted by molar-refractivity contribution is -0.387. The highest BCUT2D eigenvalue weighted by molar-refractivity contribution is 7.89. The zero-order chi connectivity index (χ0) is 16.5. The first kappa shape index (κ1) is 16.9. The van der Waals surface area contributed by atoms with E-state index < -0.39 is 14.9 Å². The van der Waals surface area contributed by atoms with Crippen molar-refractivity contribution in [3.63, 3.8) is 0 Å². The molecule has 8 heteroatoms. The zero-order valence-electron chi connectivity index (χ0n) is 12.7. The highest BCUT2D eigenvalue weighted by Gasteiger charge is 2.39. The molecule has 2 N–H and O–H groups in total. The fourth-order valence-electron chi connectivity index (χ4n) is 2.99. The summed E-state index contributed by atoms with van der Waals surface area (Å²) in [5.41, 5.74) is 5.93. The van der Waals surface area contributed by atoms with Crippen LogP contribution in [0.1, 0.15) is 31.7 Å². The number of nitro groups is 1. The summed E-state index contributed by atoms with van der Waals surface area (Å²) in [6.45, 7) is 3.69. The van der Waals surface area contributed by atoms with E-state index in [9.17, 15) is 18.5 Å². The van der Waals surface area contributed by atoms with Crippen LogP contribution in [0.25, 0.3) is 0 Å². The molecule has 0 amide bonds. The number of benzene rings is 1. The Morgan fingerprint density at radius 3 is 2.68 bits per heavy atom. The van der Waals surface area contributed by atoms with E-state index in [1.807, 2.05) is 0 Å². The van der Waals surface area contributed by atoms with Gasteiger partial charge in [0.2, 0.25) is 10.0 Å². The molecule has 0 radical (unpaired) electrons. The molecule has 1 aliphatic rings. The van der Waals surface area contributed by atoms with Gasteiger partial charge < -0.3 is 5.73 Å². The van der Waals surface area contributed by atoms with Crippen LogP contribution in [0.5, 0.6) is 0 Å². The first-order valence-electron chi connectivity index (χ1n) is 7.28. The van der Waals surface area contributed by atoms with Gasteiger partial charge in [0, 0.05) is 24.7 Å². The second-order valence-corrected chi connectivity index (χ2v) is 7.55. The third kappa shape index (κ3) is 2.99. The molecule has 1 aromatic rings. The molecule has 7 nitrogen and oxygen atoms in total. The van der Waals surface area contributed by atoms with Gasteiger partial charge in [0.25, 0.3) is 5.69 Å². The molecule has 2 rings (SSSR count). The number of rotatable bonds is 4. The van der Waals surface area contributed by atoms with Crippen molar-refractivity contribution < 1.29 is 13.3 Å². The van der Waals surface area contributed by atoms with Crippen molar-refractivity contribution in [3.05, 3.63) is 33.9 Å². The Hall–Kier alpha value is -1.51. The van der Waals surface area contributed by atoms with Crippen molar-refractivity contribution in [2.75, 3.05) is 6.54 Å². The molecule has 1 saturated heterocycles. The highest BCUT2D eigenvalue weighted by atomic mass is 32.2. The van der Waals surface area contributed by atoms with Gasteiger partial charge in [0.05, 0.1) is 4.92 Å². The quantitative estimate of drug-likeness (QED) is 0.670. The van der Waals surface area contributed by atoms with Gasteiger partial charge in [-0.2, -0.15) is 4.31 Å². The molecule has 2 unspecified atom stereocenters. The van der Waals surface area contributed by atoms with Crippen LogP contribution in [0.15, 0.2) is 23.1 Å². The Bertz CT molecular complexity index is 673. The molecule has 0 spiro atoms. The number of nitrogens with zero attached hydrogens (tertiary/aromatic N) is 2. The molecule has 22 heavy (non-hydrogen) atoms. The second kappa shape index (κ2) is 6.31. The Labute approximate surface area is 130 Å². The smallest absolute Gasteiger partial charge is 0.289 e. The molecule has 0 aromatic heterocycles.